The summed E-state index contributed by atoms with van der Waals surface area (Å²) in [4.78, 5) is 35.9. The molecule has 1 N–H and O–H groups in total. The predicted octanol–water partition coefficient (Wildman–Crippen LogP) is 1.22. The molecule has 1 unspecified atom stereocenters. The third-order valence-corrected chi connectivity index (χ3v) is 3.67. The second-order valence-corrected chi connectivity index (χ2v) is 5.89. The summed E-state index contributed by atoms with van der Waals surface area (Å²) in [6.07, 6.45) is 0. The van der Waals surface area contributed by atoms with Crippen molar-refractivity contribution in [1.29, 1.82) is 0 Å². The van der Waals surface area contributed by atoms with E-state index in [9.17, 15) is 14.4 Å². The Morgan fingerprint density at radius 3 is 2.44 bits per heavy atom. The summed E-state index contributed by atoms with van der Waals surface area (Å²) in [6, 6.07) is 11.5. The minimum Gasteiger partial charge on any atom is -0.467 e. The van der Waals surface area contributed by atoms with Gasteiger partial charge in [-0.25, -0.2) is 9.48 Å². The fourth-order valence-corrected chi connectivity index (χ4v) is 2.30. The fraction of sp³-hybridized carbons (Fsp3) is 0.333. The molecule has 1 amide bonds. The Hall–Kier alpha value is -2.96. The number of nitrogens with zero attached hydrogens (tertiary/aromatic N) is 2. The summed E-state index contributed by atoms with van der Waals surface area (Å²) in [5.74, 6) is -1.15. The van der Waals surface area contributed by atoms with Gasteiger partial charge in [-0.05, 0) is 12.0 Å². The van der Waals surface area contributed by atoms with E-state index in [1.54, 1.807) is 19.9 Å². The molecule has 2 aromatic rings. The number of rotatable bonds is 6. The number of benzene rings is 1. The summed E-state index contributed by atoms with van der Waals surface area (Å²) in [7, 11) is 1.26. The quantitative estimate of drug-likeness (QED) is 0.797. The number of methoxy groups -OCH3 is 1. The molecule has 0 aliphatic rings. The first-order valence-electron chi connectivity index (χ1n) is 7.93. The van der Waals surface area contributed by atoms with Gasteiger partial charge in [0, 0.05) is 11.6 Å². The second kappa shape index (κ2) is 8.23. The van der Waals surface area contributed by atoms with Gasteiger partial charge in [0.25, 0.3) is 5.56 Å². The molecule has 1 atom stereocenters. The van der Waals surface area contributed by atoms with E-state index in [1.807, 2.05) is 30.3 Å². The van der Waals surface area contributed by atoms with Gasteiger partial charge in [-0.1, -0.05) is 44.2 Å². The van der Waals surface area contributed by atoms with E-state index in [4.69, 9.17) is 0 Å². The fourth-order valence-electron chi connectivity index (χ4n) is 2.30. The minimum absolute atomic E-state index is 0.142. The number of hydrogen-bond acceptors (Lipinski definition) is 5. The molecule has 0 bridgehead atoms. The normalized spacial score (nSPS) is 11.8. The van der Waals surface area contributed by atoms with Gasteiger partial charge in [-0.15, -0.1) is 0 Å². The Labute approximate surface area is 145 Å². The zero-order chi connectivity index (χ0) is 18.4. The van der Waals surface area contributed by atoms with Gasteiger partial charge >= 0.3 is 5.97 Å². The lowest BCUT2D eigenvalue weighted by Crippen LogP contribution is -2.47. The lowest BCUT2D eigenvalue weighted by molar-refractivity contribution is -0.146. The van der Waals surface area contributed by atoms with E-state index in [0.29, 0.717) is 5.69 Å². The molecule has 2 rings (SSSR count). The topological polar surface area (TPSA) is 90.3 Å². The van der Waals surface area contributed by atoms with Crippen LogP contribution in [0.5, 0.6) is 0 Å². The van der Waals surface area contributed by atoms with Crippen molar-refractivity contribution in [2.75, 3.05) is 7.11 Å². The van der Waals surface area contributed by atoms with Crippen LogP contribution < -0.4 is 10.9 Å². The molecule has 0 saturated carbocycles. The molecule has 1 aromatic carbocycles. The Morgan fingerprint density at radius 1 is 1.16 bits per heavy atom. The second-order valence-electron chi connectivity index (χ2n) is 5.89. The van der Waals surface area contributed by atoms with Crippen molar-refractivity contribution in [3.8, 4) is 11.3 Å². The molecule has 0 aliphatic carbocycles. The van der Waals surface area contributed by atoms with Crippen molar-refractivity contribution >= 4 is 11.9 Å². The molecule has 0 radical (unpaired) electrons. The third kappa shape index (κ3) is 4.76. The first-order valence-corrected chi connectivity index (χ1v) is 7.93. The molecule has 7 nitrogen and oxygen atoms in total. The van der Waals surface area contributed by atoms with Crippen molar-refractivity contribution in [3.63, 3.8) is 0 Å². The van der Waals surface area contributed by atoms with Gasteiger partial charge in [-0.2, -0.15) is 5.10 Å². The molecule has 1 aromatic heterocycles. The van der Waals surface area contributed by atoms with Crippen LogP contribution in [-0.4, -0.2) is 34.8 Å². The van der Waals surface area contributed by atoms with Gasteiger partial charge in [0.1, 0.15) is 12.6 Å². The van der Waals surface area contributed by atoms with Crippen molar-refractivity contribution in [3.05, 3.63) is 52.8 Å². The van der Waals surface area contributed by atoms with Crippen LogP contribution >= 0.6 is 0 Å². The first-order chi connectivity index (χ1) is 11.9. The summed E-state index contributed by atoms with van der Waals surface area (Å²) in [5, 5.41) is 6.82. The number of nitrogens with one attached hydrogen (secondary N) is 1. The van der Waals surface area contributed by atoms with Crippen LogP contribution in [-0.2, 0) is 20.9 Å². The predicted molar refractivity (Wildman–Crippen MR) is 92.7 cm³/mol. The molecule has 0 spiro atoms. The number of carbonyl (C=O) groups excluding carboxylic acids is 2. The lowest BCUT2D eigenvalue weighted by atomic mass is 10.0. The third-order valence-electron chi connectivity index (χ3n) is 3.67. The van der Waals surface area contributed by atoms with Crippen molar-refractivity contribution < 1.29 is 14.3 Å². The molecule has 132 valence electrons. The lowest BCUT2D eigenvalue weighted by Gasteiger charge is -2.19. The van der Waals surface area contributed by atoms with Gasteiger partial charge in [0.05, 0.1) is 12.8 Å². The highest BCUT2D eigenvalue weighted by molar-refractivity contribution is 5.84. The number of amides is 1. The zero-order valence-corrected chi connectivity index (χ0v) is 14.4. The van der Waals surface area contributed by atoms with E-state index in [-0.39, 0.29) is 12.5 Å². The average Bonchev–Trinajstić information content (AvgIpc) is 2.61. The van der Waals surface area contributed by atoms with E-state index >= 15 is 0 Å². The van der Waals surface area contributed by atoms with Crippen molar-refractivity contribution in [2.24, 2.45) is 5.92 Å². The largest absolute Gasteiger partial charge is 0.467 e. The highest BCUT2D eigenvalue weighted by atomic mass is 16.5. The van der Waals surface area contributed by atoms with E-state index < -0.39 is 23.5 Å². The van der Waals surface area contributed by atoms with Crippen LogP contribution in [0.25, 0.3) is 11.3 Å². The van der Waals surface area contributed by atoms with Crippen LogP contribution in [0.4, 0.5) is 0 Å². The highest BCUT2D eigenvalue weighted by Crippen LogP contribution is 2.13. The van der Waals surface area contributed by atoms with Gasteiger partial charge in [0.15, 0.2) is 0 Å². The first kappa shape index (κ1) is 18.4. The average molecular weight is 343 g/mol. The molecular formula is C18H21N3O4. The van der Waals surface area contributed by atoms with Crippen LogP contribution in [0.2, 0.25) is 0 Å². The summed E-state index contributed by atoms with van der Waals surface area (Å²) < 4.78 is 5.76. The summed E-state index contributed by atoms with van der Waals surface area (Å²) in [6.45, 7) is 3.31. The molecule has 7 heteroatoms. The zero-order valence-electron chi connectivity index (χ0n) is 14.4. The number of ether oxygens (including phenoxy) is 1. The maximum absolute atomic E-state index is 12.2. The van der Waals surface area contributed by atoms with Crippen LogP contribution in [0.3, 0.4) is 0 Å². The maximum Gasteiger partial charge on any atom is 0.328 e. The van der Waals surface area contributed by atoms with Crippen LogP contribution in [0.15, 0.2) is 47.3 Å². The Balaban J connectivity index is 2.18. The standard InChI is InChI=1S/C18H21N3O4/c1-12(2)17(18(24)25-3)19-15(22)11-21-16(23)10-9-14(20-21)13-7-5-4-6-8-13/h4-10,12,17H,11H2,1-3H3,(H,19,22). The molecule has 0 fully saturated rings. The molecular weight excluding hydrogens is 322 g/mol. The van der Waals surface area contributed by atoms with Crippen molar-refractivity contribution in [1.82, 2.24) is 15.1 Å². The molecule has 0 aliphatic heterocycles. The molecule has 0 saturated heterocycles. The Kier molecular flexibility index (Phi) is 6.05. The number of aromatic nitrogens is 2. The van der Waals surface area contributed by atoms with E-state index in [2.05, 4.69) is 15.2 Å². The smallest absolute Gasteiger partial charge is 0.328 e. The van der Waals surface area contributed by atoms with E-state index in [0.717, 1.165) is 10.2 Å². The summed E-state index contributed by atoms with van der Waals surface area (Å²) >= 11 is 0. The molecule has 1 heterocycles. The van der Waals surface area contributed by atoms with E-state index in [1.165, 1.54) is 13.2 Å². The Morgan fingerprint density at radius 2 is 1.84 bits per heavy atom. The van der Waals surface area contributed by atoms with Gasteiger partial charge < -0.3 is 10.1 Å². The van der Waals surface area contributed by atoms with Crippen LogP contribution in [0.1, 0.15) is 13.8 Å². The van der Waals surface area contributed by atoms with Crippen LogP contribution in [0, 0.1) is 5.92 Å². The van der Waals surface area contributed by atoms with Crippen molar-refractivity contribution in [2.45, 2.75) is 26.4 Å². The minimum atomic E-state index is -0.773. The number of esters is 1. The Bertz CT molecular complexity index is 799. The van der Waals surface area contributed by atoms with Gasteiger partial charge in [-0.3, -0.25) is 9.59 Å². The van der Waals surface area contributed by atoms with Gasteiger partial charge in [0.2, 0.25) is 5.91 Å². The number of carbonyl (C=O) groups is 2. The maximum atomic E-state index is 12.2. The molecule has 25 heavy (non-hydrogen) atoms. The number of hydrogen-bond donors (Lipinski definition) is 1. The SMILES string of the molecule is COC(=O)C(NC(=O)Cn1nc(-c2ccccc2)ccc1=O)C(C)C. The summed E-state index contributed by atoms with van der Waals surface area (Å²) in [5.41, 5.74) is 1.03. The monoisotopic (exact) mass is 343 g/mol. The highest BCUT2D eigenvalue weighted by Gasteiger charge is 2.25.